The van der Waals surface area contributed by atoms with Crippen LogP contribution in [-0.2, 0) is 19.1 Å². The summed E-state index contributed by atoms with van der Waals surface area (Å²) in [6.45, 7) is 6.08. The molecule has 2 saturated heterocycles. The van der Waals surface area contributed by atoms with Crippen molar-refractivity contribution in [3.8, 4) is 0 Å². The summed E-state index contributed by atoms with van der Waals surface area (Å²) in [6.07, 6.45) is 7.48. The van der Waals surface area contributed by atoms with Crippen LogP contribution < -0.4 is 9.80 Å². The Kier molecular flexibility index (Phi) is 6.00. The van der Waals surface area contributed by atoms with E-state index in [2.05, 4.69) is 0 Å². The molecule has 1 N–H and O–H groups in total. The van der Waals surface area contributed by atoms with Gasteiger partial charge in [-0.05, 0) is 50.1 Å². The largest absolute Gasteiger partial charge is 0.395 e. The average Bonchev–Trinajstić information content (AvgIpc) is 3.17. The van der Waals surface area contributed by atoms with Crippen molar-refractivity contribution < 1.29 is 24.2 Å². The zero-order valence-electron chi connectivity index (χ0n) is 22.4. The second-order valence-corrected chi connectivity index (χ2v) is 11.1. The highest BCUT2D eigenvalue weighted by Gasteiger charge is 2.74. The number of rotatable bonds is 4. The zero-order valence-corrected chi connectivity index (χ0v) is 22.4. The molecule has 1 spiro atoms. The smallest absolute Gasteiger partial charge is 0.253 e. The molecule has 0 bridgehead atoms. The van der Waals surface area contributed by atoms with Crippen LogP contribution in [0.2, 0.25) is 0 Å². The Hall–Kier alpha value is -3.75. The number of β-amino-alcohol motifs (C(OH)–C–C–N with tert-alkyl or cyclic N) is 1. The summed E-state index contributed by atoms with van der Waals surface area (Å²) in [5.74, 6) is -2.61. The Morgan fingerprint density at radius 3 is 2.36 bits per heavy atom. The molecule has 1 unspecified atom stereocenters. The summed E-state index contributed by atoms with van der Waals surface area (Å²) in [7, 11) is 0. The number of para-hydroxylation sites is 1. The average molecular weight is 528 g/mol. The summed E-state index contributed by atoms with van der Waals surface area (Å²) in [5, 5.41) is 9.92. The first-order chi connectivity index (χ1) is 18.7. The SMILES string of the molecule is Cc1ccc(C)c(N2CC=C[C@]34O[C@]5(C)C=CCN(c6ccccc6)C(=O)[C@@H]5[C@H]3C(=O)N(CCO)C4C2=O)c1. The van der Waals surface area contributed by atoms with Gasteiger partial charge in [-0.3, -0.25) is 14.4 Å². The number of anilines is 2. The van der Waals surface area contributed by atoms with Gasteiger partial charge in [-0.2, -0.15) is 0 Å². The molecule has 39 heavy (non-hydrogen) atoms. The van der Waals surface area contributed by atoms with Gasteiger partial charge in [0, 0.05) is 31.0 Å². The molecule has 202 valence electrons. The number of carbonyl (C=O) groups excluding carboxylic acids is 3. The summed E-state index contributed by atoms with van der Waals surface area (Å²) >= 11 is 0. The van der Waals surface area contributed by atoms with E-state index in [1.807, 2.05) is 93.6 Å². The van der Waals surface area contributed by atoms with Crippen molar-refractivity contribution in [2.45, 2.75) is 38.0 Å². The van der Waals surface area contributed by atoms with E-state index >= 15 is 0 Å². The first kappa shape index (κ1) is 25.5. The first-order valence-electron chi connectivity index (χ1n) is 13.4. The minimum atomic E-state index is -1.35. The molecule has 0 saturated carbocycles. The number of aryl methyl sites for hydroxylation is 2. The maximum Gasteiger partial charge on any atom is 0.253 e. The predicted molar refractivity (Wildman–Crippen MR) is 147 cm³/mol. The number of benzene rings is 2. The standard InChI is InChI=1S/C31H33N3O5/c1-20-11-12-21(2)23(19-20)33-16-8-14-31-25(28(37)34(17-18-35)26(31)29(33)38)24-27(36)32(22-9-5-4-6-10-22)15-7-13-30(24,3)39-31/h4-14,19,24-26,35H,15-18H2,1-3H3/t24-,25-,26?,30+,31-/m0/s1. The lowest BCUT2D eigenvalue weighted by Crippen LogP contribution is -2.56. The van der Waals surface area contributed by atoms with Crippen LogP contribution in [-0.4, -0.2) is 71.2 Å². The second kappa shape index (κ2) is 9.17. The number of fused-ring (bicyclic) bond motifs is 2. The molecule has 0 radical (unpaired) electrons. The van der Waals surface area contributed by atoms with Crippen LogP contribution in [0.5, 0.6) is 0 Å². The minimum Gasteiger partial charge on any atom is -0.395 e. The fourth-order valence-electron chi connectivity index (χ4n) is 6.94. The lowest BCUT2D eigenvalue weighted by Gasteiger charge is -2.37. The van der Waals surface area contributed by atoms with E-state index in [0.717, 1.165) is 22.5 Å². The van der Waals surface area contributed by atoms with E-state index < -0.39 is 29.1 Å². The van der Waals surface area contributed by atoms with Gasteiger partial charge in [-0.25, -0.2) is 0 Å². The zero-order chi connectivity index (χ0) is 27.5. The monoisotopic (exact) mass is 527 g/mol. The van der Waals surface area contributed by atoms with Crippen molar-refractivity contribution in [3.63, 3.8) is 0 Å². The molecule has 4 aliphatic rings. The lowest BCUT2D eigenvalue weighted by molar-refractivity contribution is -0.144. The Balaban J connectivity index is 1.48. The number of carbonyl (C=O) groups is 3. The highest BCUT2D eigenvalue weighted by atomic mass is 16.5. The number of hydrogen-bond donors (Lipinski definition) is 1. The number of nitrogens with zero attached hydrogens (tertiary/aromatic N) is 3. The van der Waals surface area contributed by atoms with E-state index in [1.54, 1.807) is 9.80 Å². The number of aliphatic hydroxyl groups excluding tert-OH is 1. The molecule has 8 nitrogen and oxygen atoms in total. The number of likely N-dealkylation sites (tertiary alicyclic amines) is 1. The molecule has 0 aromatic heterocycles. The maximum atomic E-state index is 14.4. The van der Waals surface area contributed by atoms with Crippen molar-refractivity contribution in [1.82, 2.24) is 4.90 Å². The van der Waals surface area contributed by atoms with Crippen LogP contribution in [0.1, 0.15) is 18.1 Å². The van der Waals surface area contributed by atoms with E-state index in [1.165, 1.54) is 4.90 Å². The highest BCUT2D eigenvalue weighted by molar-refractivity contribution is 6.07. The Morgan fingerprint density at radius 1 is 0.897 bits per heavy atom. The number of aliphatic hydroxyl groups is 1. The van der Waals surface area contributed by atoms with Crippen molar-refractivity contribution in [2.75, 3.05) is 36.0 Å². The topological polar surface area (TPSA) is 90.4 Å². The molecule has 2 aromatic rings. The van der Waals surface area contributed by atoms with Crippen molar-refractivity contribution in [3.05, 3.63) is 84.0 Å². The second-order valence-electron chi connectivity index (χ2n) is 11.1. The van der Waals surface area contributed by atoms with Gasteiger partial charge in [0.25, 0.3) is 5.91 Å². The molecule has 4 heterocycles. The molecule has 2 aromatic carbocycles. The van der Waals surface area contributed by atoms with Crippen LogP contribution in [0.4, 0.5) is 11.4 Å². The van der Waals surface area contributed by atoms with Crippen LogP contribution in [0, 0.1) is 25.7 Å². The molecule has 8 heteroatoms. The fraction of sp³-hybridized carbons (Fsp3) is 0.387. The van der Waals surface area contributed by atoms with E-state index in [9.17, 15) is 19.5 Å². The molecule has 2 fully saturated rings. The fourth-order valence-corrected chi connectivity index (χ4v) is 6.94. The van der Waals surface area contributed by atoms with Gasteiger partial charge in [0.1, 0.15) is 11.6 Å². The summed E-state index contributed by atoms with van der Waals surface area (Å²) < 4.78 is 6.83. The van der Waals surface area contributed by atoms with Crippen LogP contribution in [0.15, 0.2) is 72.8 Å². The molecular weight excluding hydrogens is 494 g/mol. The van der Waals surface area contributed by atoms with Gasteiger partial charge in [-0.15, -0.1) is 0 Å². The lowest BCUT2D eigenvalue weighted by atomic mass is 9.74. The van der Waals surface area contributed by atoms with E-state index in [0.29, 0.717) is 13.1 Å². The van der Waals surface area contributed by atoms with E-state index in [-0.39, 0.29) is 30.9 Å². The summed E-state index contributed by atoms with van der Waals surface area (Å²) in [6, 6.07) is 14.3. The first-order valence-corrected chi connectivity index (χ1v) is 13.4. The predicted octanol–water partition coefficient (Wildman–Crippen LogP) is 2.77. The van der Waals surface area contributed by atoms with Crippen LogP contribution >= 0.6 is 0 Å². The van der Waals surface area contributed by atoms with Gasteiger partial charge in [0.15, 0.2) is 0 Å². The van der Waals surface area contributed by atoms with Crippen LogP contribution in [0.3, 0.4) is 0 Å². The summed E-state index contributed by atoms with van der Waals surface area (Å²) in [5.41, 5.74) is 1.02. The summed E-state index contributed by atoms with van der Waals surface area (Å²) in [4.78, 5) is 47.7. The van der Waals surface area contributed by atoms with Gasteiger partial charge in [0.2, 0.25) is 11.8 Å². The minimum absolute atomic E-state index is 0.0266. The molecular formula is C31H33N3O5. The Morgan fingerprint density at radius 2 is 1.62 bits per heavy atom. The molecule has 3 amide bonds. The molecule has 6 rings (SSSR count). The van der Waals surface area contributed by atoms with Crippen molar-refractivity contribution >= 4 is 29.1 Å². The van der Waals surface area contributed by atoms with E-state index in [4.69, 9.17) is 4.74 Å². The Bertz CT molecular complexity index is 1400. The third kappa shape index (κ3) is 3.69. The molecule has 5 atom stereocenters. The van der Waals surface area contributed by atoms with Gasteiger partial charge >= 0.3 is 0 Å². The van der Waals surface area contributed by atoms with Gasteiger partial charge in [0.05, 0.1) is 24.0 Å². The van der Waals surface area contributed by atoms with Crippen molar-refractivity contribution in [1.29, 1.82) is 0 Å². The maximum absolute atomic E-state index is 14.4. The van der Waals surface area contributed by atoms with Gasteiger partial charge < -0.3 is 24.5 Å². The van der Waals surface area contributed by atoms with Crippen LogP contribution in [0.25, 0.3) is 0 Å². The Labute approximate surface area is 228 Å². The third-order valence-corrected chi connectivity index (χ3v) is 8.62. The molecule has 4 aliphatic heterocycles. The molecule has 0 aliphatic carbocycles. The van der Waals surface area contributed by atoms with Gasteiger partial charge in [-0.1, -0.05) is 54.6 Å². The third-order valence-electron chi connectivity index (χ3n) is 8.62. The number of ether oxygens (including phenoxy) is 1. The van der Waals surface area contributed by atoms with Crippen molar-refractivity contribution in [2.24, 2.45) is 11.8 Å². The number of amides is 3. The normalized spacial score (nSPS) is 31.7. The highest BCUT2D eigenvalue weighted by Crippen LogP contribution is 2.57. The number of hydrogen-bond acceptors (Lipinski definition) is 5. The quantitative estimate of drug-likeness (QED) is 0.618.